The molecule has 0 bridgehead atoms. The molecule has 1 heterocycles. The first-order valence-corrected chi connectivity index (χ1v) is 9.56. The van der Waals surface area contributed by atoms with Crippen molar-refractivity contribution in [2.45, 2.75) is 77.8 Å². The van der Waals surface area contributed by atoms with Crippen molar-refractivity contribution in [3.8, 4) is 0 Å². The van der Waals surface area contributed by atoms with Gasteiger partial charge in [0, 0.05) is 37.6 Å². The van der Waals surface area contributed by atoms with Crippen LogP contribution in [-0.2, 0) is 9.59 Å². The fourth-order valence-electron chi connectivity index (χ4n) is 3.61. The highest BCUT2D eigenvalue weighted by molar-refractivity contribution is 5.81. The van der Waals surface area contributed by atoms with Crippen molar-refractivity contribution in [1.29, 1.82) is 0 Å². The topological polar surface area (TPSA) is 52.7 Å². The second-order valence-corrected chi connectivity index (χ2v) is 8.57. The summed E-state index contributed by atoms with van der Waals surface area (Å²) in [5.41, 5.74) is -0.337. The summed E-state index contributed by atoms with van der Waals surface area (Å²) in [5, 5.41) is 3.15. The molecule has 1 saturated carbocycles. The summed E-state index contributed by atoms with van der Waals surface area (Å²) < 4.78 is 0. The van der Waals surface area contributed by atoms with Gasteiger partial charge >= 0.3 is 0 Å². The SMILES string of the molecule is CN(C(=O)CN1CCC(NC(=O)C(C)(C)C)CC1)C1CCCCC1. The first-order chi connectivity index (χ1) is 11.3. The Morgan fingerprint density at radius 2 is 1.62 bits per heavy atom. The van der Waals surface area contributed by atoms with E-state index in [0.29, 0.717) is 12.6 Å². The van der Waals surface area contributed by atoms with Crippen LogP contribution >= 0.6 is 0 Å². The van der Waals surface area contributed by atoms with Crippen LogP contribution in [0.15, 0.2) is 0 Å². The second-order valence-electron chi connectivity index (χ2n) is 8.57. The number of rotatable bonds is 4. The van der Waals surface area contributed by atoms with Gasteiger partial charge in [0.15, 0.2) is 0 Å². The van der Waals surface area contributed by atoms with E-state index >= 15 is 0 Å². The second kappa shape index (κ2) is 8.32. The fraction of sp³-hybridized carbons (Fsp3) is 0.895. The van der Waals surface area contributed by atoms with Gasteiger partial charge < -0.3 is 10.2 Å². The molecule has 1 aliphatic heterocycles. The van der Waals surface area contributed by atoms with Crippen molar-refractivity contribution < 1.29 is 9.59 Å². The molecule has 5 nitrogen and oxygen atoms in total. The number of likely N-dealkylation sites (tertiary alicyclic amines) is 1. The zero-order valence-corrected chi connectivity index (χ0v) is 15.9. The lowest BCUT2D eigenvalue weighted by molar-refractivity contribution is -0.134. The summed E-state index contributed by atoms with van der Waals surface area (Å²) in [6.45, 7) is 8.12. The van der Waals surface area contributed by atoms with Crippen LogP contribution in [-0.4, -0.2) is 60.4 Å². The molecule has 0 atom stereocenters. The van der Waals surface area contributed by atoms with E-state index in [1.165, 1.54) is 19.3 Å². The zero-order valence-electron chi connectivity index (χ0n) is 15.9. The molecule has 2 rings (SSSR count). The summed E-state index contributed by atoms with van der Waals surface area (Å²) in [6.07, 6.45) is 7.99. The van der Waals surface area contributed by atoms with Crippen molar-refractivity contribution in [2.75, 3.05) is 26.7 Å². The molecule has 0 aromatic heterocycles. The van der Waals surface area contributed by atoms with Crippen molar-refractivity contribution in [3.63, 3.8) is 0 Å². The van der Waals surface area contributed by atoms with Gasteiger partial charge in [-0.2, -0.15) is 0 Å². The third kappa shape index (κ3) is 5.47. The molecule has 0 radical (unpaired) electrons. The van der Waals surface area contributed by atoms with E-state index in [1.54, 1.807) is 0 Å². The number of carbonyl (C=O) groups excluding carboxylic acids is 2. The van der Waals surface area contributed by atoms with Gasteiger partial charge in [0.05, 0.1) is 6.54 Å². The van der Waals surface area contributed by atoms with Gasteiger partial charge in [-0.25, -0.2) is 0 Å². The van der Waals surface area contributed by atoms with E-state index in [9.17, 15) is 9.59 Å². The largest absolute Gasteiger partial charge is 0.353 e. The lowest BCUT2D eigenvalue weighted by Crippen LogP contribution is -2.50. The molecule has 1 saturated heterocycles. The van der Waals surface area contributed by atoms with Gasteiger partial charge in [0.2, 0.25) is 11.8 Å². The molecule has 0 spiro atoms. The minimum Gasteiger partial charge on any atom is -0.353 e. The van der Waals surface area contributed by atoms with Gasteiger partial charge in [0.25, 0.3) is 0 Å². The smallest absolute Gasteiger partial charge is 0.236 e. The van der Waals surface area contributed by atoms with Crippen molar-refractivity contribution in [1.82, 2.24) is 15.1 Å². The van der Waals surface area contributed by atoms with E-state index < -0.39 is 0 Å². The highest BCUT2D eigenvalue weighted by Crippen LogP contribution is 2.22. The van der Waals surface area contributed by atoms with Crippen LogP contribution in [0.2, 0.25) is 0 Å². The standard InChI is InChI=1S/C19H35N3O2/c1-19(2,3)18(24)20-15-10-12-22(13-11-15)14-17(23)21(4)16-8-6-5-7-9-16/h15-16H,5-14H2,1-4H3,(H,20,24). The molecule has 2 amide bonds. The lowest BCUT2D eigenvalue weighted by Gasteiger charge is -2.36. The summed E-state index contributed by atoms with van der Waals surface area (Å²) in [6, 6.07) is 0.689. The Labute approximate surface area is 147 Å². The Morgan fingerprint density at radius 3 is 2.17 bits per heavy atom. The Morgan fingerprint density at radius 1 is 1.04 bits per heavy atom. The molecular formula is C19H35N3O2. The first kappa shape index (κ1) is 19.2. The molecular weight excluding hydrogens is 302 g/mol. The Hall–Kier alpha value is -1.10. The third-order valence-electron chi connectivity index (χ3n) is 5.48. The zero-order chi connectivity index (χ0) is 17.7. The number of hydrogen-bond acceptors (Lipinski definition) is 3. The molecule has 24 heavy (non-hydrogen) atoms. The average Bonchev–Trinajstić information content (AvgIpc) is 2.55. The van der Waals surface area contributed by atoms with Crippen LogP contribution in [0.1, 0.15) is 65.7 Å². The molecule has 1 N–H and O–H groups in total. The number of hydrogen-bond donors (Lipinski definition) is 1. The monoisotopic (exact) mass is 337 g/mol. The normalized spacial score (nSPS) is 21.5. The maximum atomic E-state index is 12.5. The summed E-state index contributed by atoms with van der Waals surface area (Å²) >= 11 is 0. The highest BCUT2D eigenvalue weighted by atomic mass is 16.2. The lowest BCUT2D eigenvalue weighted by atomic mass is 9.94. The number of nitrogens with one attached hydrogen (secondary N) is 1. The number of nitrogens with zero attached hydrogens (tertiary/aromatic N) is 2. The average molecular weight is 338 g/mol. The van der Waals surface area contributed by atoms with Gasteiger partial charge in [-0.05, 0) is 25.7 Å². The minimum atomic E-state index is -0.337. The summed E-state index contributed by atoms with van der Waals surface area (Å²) in [5.74, 6) is 0.369. The molecule has 0 unspecified atom stereocenters. The molecule has 2 aliphatic rings. The Balaban J connectivity index is 1.72. The predicted octanol–water partition coefficient (Wildman–Crippen LogP) is 2.40. The van der Waals surface area contributed by atoms with E-state index in [0.717, 1.165) is 38.8 Å². The van der Waals surface area contributed by atoms with Crippen molar-refractivity contribution in [3.05, 3.63) is 0 Å². The van der Waals surface area contributed by atoms with Gasteiger partial charge in [-0.15, -0.1) is 0 Å². The quantitative estimate of drug-likeness (QED) is 0.857. The van der Waals surface area contributed by atoms with E-state index in [-0.39, 0.29) is 23.3 Å². The van der Waals surface area contributed by atoms with E-state index in [1.807, 2.05) is 32.7 Å². The molecule has 2 fully saturated rings. The van der Waals surface area contributed by atoms with Crippen LogP contribution < -0.4 is 5.32 Å². The van der Waals surface area contributed by atoms with E-state index in [4.69, 9.17) is 0 Å². The van der Waals surface area contributed by atoms with Gasteiger partial charge in [0.1, 0.15) is 0 Å². The maximum absolute atomic E-state index is 12.5. The fourth-order valence-corrected chi connectivity index (χ4v) is 3.61. The van der Waals surface area contributed by atoms with Crippen molar-refractivity contribution >= 4 is 11.8 Å². The summed E-state index contributed by atoms with van der Waals surface area (Å²) in [7, 11) is 1.97. The molecule has 138 valence electrons. The third-order valence-corrected chi connectivity index (χ3v) is 5.48. The molecule has 0 aromatic carbocycles. The Bertz CT molecular complexity index is 430. The summed E-state index contributed by atoms with van der Waals surface area (Å²) in [4.78, 5) is 28.8. The number of piperidine rings is 1. The number of likely N-dealkylation sites (N-methyl/N-ethyl adjacent to an activating group) is 1. The van der Waals surface area contributed by atoms with Gasteiger partial charge in [-0.1, -0.05) is 40.0 Å². The minimum absolute atomic E-state index is 0.119. The number of carbonyl (C=O) groups is 2. The highest BCUT2D eigenvalue weighted by Gasteiger charge is 2.28. The van der Waals surface area contributed by atoms with Crippen LogP contribution in [0.3, 0.4) is 0 Å². The van der Waals surface area contributed by atoms with Crippen LogP contribution in [0, 0.1) is 5.41 Å². The molecule has 5 heteroatoms. The molecule has 0 aromatic rings. The molecule has 1 aliphatic carbocycles. The first-order valence-electron chi connectivity index (χ1n) is 9.56. The number of amides is 2. The van der Waals surface area contributed by atoms with E-state index in [2.05, 4.69) is 10.2 Å². The predicted molar refractivity (Wildman–Crippen MR) is 96.7 cm³/mol. The Kier molecular flexibility index (Phi) is 6.67. The van der Waals surface area contributed by atoms with Crippen molar-refractivity contribution in [2.24, 2.45) is 5.41 Å². The van der Waals surface area contributed by atoms with Crippen LogP contribution in [0.4, 0.5) is 0 Å². The van der Waals surface area contributed by atoms with Crippen LogP contribution in [0.25, 0.3) is 0 Å². The van der Waals surface area contributed by atoms with Gasteiger partial charge in [-0.3, -0.25) is 14.5 Å². The van der Waals surface area contributed by atoms with Crippen LogP contribution in [0.5, 0.6) is 0 Å². The maximum Gasteiger partial charge on any atom is 0.236 e.